The molecular weight excluding hydrogens is 611 g/mol. The number of unbranched alkanes of at least 4 members (excludes halogenated alkanes) is 3. The van der Waals surface area contributed by atoms with Crippen LogP contribution in [0.5, 0.6) is 0 Å². The van der Waals surface area contributed by atoms with Gasteiger partial charge in [0, 0.05) is 59.0 Å². The smallest absolute Gasteiger partial charge is 0.0983 e. The molecule has 7 rings (SSSR count). The molecule has 47 heavy (non-hydrogen) atoms. The fourth-order valence-electron chi connectivity index (χ4n) is 6.99. The average molecular weight is 656 g/mol. The molecule has 4 heterocycles. The molecule has 240 valence electrons. The molecule has 3 aromatic carbocycles. The van der Waals surface area contributed by atoms with E-state index in [1.807, 2.05) is 22.7 Å². The molecule has 0 unspecified atom stereocenters. The summed E-state index contributed by atoms with van der Waals surface area (Å²) >= 11 is 3.70. The Balaban J connectivity index is 1.34. The lowest BCUT2D eigenvalue weighted by atomic mass is 10.0. The van der Waals surface area contributed by atoms with Crippen molar-refractivity contribution in [2.75, 3.05) is 0 Å². The van der Waals surface area contributed by atoms with Crippen molar-refractivity contribution in [1.82, 2.24) is 14.5 Å². The first-order chi connectivity index (χ1) is 23.0. The van der Waals surface area contributed by atoms with Crippen molar-refractivity contribution in [3.8, 4) is 31.3 Å². The van der Waals surface area contributed by atoms with E-state index in [-0.39, 0.29) is 0 Å². The topological polar surface area (TPSA) is 30.7 Å². The summed E-state index contributed by atoms with van der Waals surface area (Å²) in [5, 5.41) is 2.71. The minimum atomic E-state index is 0.960. The zero-order chi connectivity index (χ0) is 32.5. The third-order valence-electron chi connectivity index (χ3n) is 9.37. The highest BCUT2D eigenvalue weighted by Crippen LogP contribution is 2.42. The molecular formula is C42H45N3S2. The van der Waals surface area contributed by atoms with Crippen LogP contribution in [0, 0.1) is 13.8 Å². The van der Waals surface area contributed by atoms with Gasteiger partial charge in [0.05, 0.1) is 22.4 Å². The molecule has 0 aliphatic heterocycles. The van der Waals surface area contributed by atoms with Gasteiger partial charge in [0.1, 0.15) is 0 Å². The first-order valence-corrected chi connectivity index (χ1v) is 19.1. The van der Waals surface area contributed by atoms with Crippen LogP contribution in [0.25, 0.3) is 64.2 Å². The van der Waals surface area contributed by atoms with Crippen molar-refractivity contribution in [2.45, 2.75) is 92.5 Å². The van der Waals surface area contributed by atoms with Crippen LogP contribution in [0.2, 0.25) is 0 Å². The standard InChI is InChI=1S/C42H45N3S2/c1-6-9-10-11-24-45-36-25-27(4)14-17-30(36)31-18-16-29(26-37(31)45)38-22-23-40(47-38)33-20-19-32(39-21-15-28(5)46-39)41-42(33)44-35(13-8-3)34(43-41)12-7-2/h14-23,25-26H,6-13,24H2,1-5H3. The van der Waals surface area contributed by atoms with E-state index in [0.717, 1.165) is 54.6 Å². The predicted octanol–water partition coefficient (Wildman–Crippen LogP) is 13.0. The maximum atomic E-state index is 5.41. The van der Waals surface area contributed by atoms with Crippen LogP contribution in [-0.4, -0.2) is 14.5 Å². The number of fused-ring (bicyclic) bond motifs is 4. The summed E-state index contributed by atoms with van der Waals surface area (Å²) in [5.74, 6) is 0. The van der Waals surface area contributed by atoms with Crippen LogP contribution < -0.4 is 0 Å². The molecule has 7 aromatic rings. The van der Waals surface area contributed by atoms with Crippen molar-refractivity contribution in [2.24, 2.45) is 0 Å². The summed E-state index contributed by atoms with van der Waals surface area (Å²) in [6.45, 7) is 12.2. The average Bonchev–Trinajstić information content (AvgIpc) is 3.81. The molecule has 4 aromatic heterocycles. The normalized spacial score (nSPS) is 11.9. The van der Waals surface area contributed by atoms with Gasteiger partial charge in [-0.15, -0.1) is 22.7 Å². The lowest BCUT2D eigenvalue weighted by Gasteiger charge is -2.13. The number of benzene rings is 3. The Morgan fingerprint density at radius 3 is 1.83 bits per heavy atom. The molecule has 3 nitrogen and oxygen atoms in total. The van der Waals surface area contributed by atoms with E-state index in [1.165, 1.54) is 89.3 Å². The second kappa shape index (κ2) is 13.7. The Bertz CT molecular complexity index is 2200. The van der Waals surface area contributed by atoms with Gasteiger partial charge in [-0.25, -0.2) is 9.97 Å². The van der Waals surface area contributed by atoms with Crippen LogP contribution in [0.3, 0.4) is 0 Å². The van der Waals surface area contributed by atoms with Crippen molar-refractivity contribution in [3.05, 3.63) is 94.6 Å². The fraction of sp³-hybridized carbons (Fsp3) is 0.333. The fourth-order valence-corrected chi connectivity index (χ4v) is 8.91. The predicted molar refractivity (Wildman–Crippen MR) is 206 cm³/mol. The van der Waals surface area contributed by atoms with Gasteiger partial charge >= 0.3 is 0 Å². The zero-order valence-corrected chi connectivity index (χ0v) is 30.1. The van der Waals surface area contributed by atoms with Gasteiger partial charge in [-0.3, -0.25) is 0 Å². The number of thiophene rings is 2. The first-order valence-electron chi connectivity index (χ1n) is 17.5. The maximum Gasteiger partial charge on any atom is 0.0983 e. The van der Waals surface area contributed by atoms with Crippen LogP contribution in [0.4, 0.5) is 0 Å². The number of aromatic nitrogens is 3. The molecule has 0 atom stereocenters. The number of nitrogens with zero attached hydrogens (tertiary/aromatic N) is 3. The molecule has 0 N–H and O–H groups in total. The zero-order valence-electron chi connectivity index (χ0n) is 28.5. The number of hydrogen-bond donors (Lipinski definition) is 0. The Morgan fingerprint density at radius 1 is 0.574 bits per heavy atom. The molecule has 0 saturated heterocycles. The number of rotatable bonds is 12. The Labute approximate surface area is 287 Å². The van der Waals surface area contributed by atoms with E-state index in [4.69, 9.17) is 9.97 Å². The van der Waals surface area contributed by atoms with Gasteiger partial charge in [0.25, 0.3) is 0 Å². The summed E-state index contributed by atoms with van der Waals surface area (Å²) in [7, 11) is 0. The van der Waals surface area contributed by atoms with E-state index < -0.39 is 0 Å². The van der Waals surface area contributed by atoms with Crippen LogP contribution in [0.15, 0.2) is 72.8 Å². The summed E-state index contributed by atoms with van der Waals surface area (Å²) in [6, 6.07) is 27.6. The summed E-state index contributed by atoms with van der Waals surface area (Å²) in [4.78, 5) is 15.9. The number of aryl methyl sites for hydroxylation is 5. The Hall–Kier alpha value is -3.80. The highest BCUT2D eigenvalue weighted by atomic mass is 32.1. The quantitative estimate of drug-likeness (QED) is 0.123. The second-order valence-electron chi connectivity index (χ2n) is 13.0. The molecule has 0 amide bonds. The molecule has 0 bridgehead atoms. The van der Waals surface area contributed by atoms with Gasteiger partial charge < -0.3 is 4.57 Å². The van der Waals surface area contributed by atoms with Crippen LogP contribution in [0.1, 0.15) is 81.1 Å². The van der Waals surface area contributed by atoms with Gasteiger partial charge in [-0.2, -0.15) is 0 Å². The molecule has 0 fully saturated rings. The molecule has 0 spiro atoms. The monoisotopic (exact) mass is 655 g/mol. The highest BCUT2D eigenvalue weighted by molar-refractivity contribution is 7.19. The summed E-state index contributed by atoms with van der Waals surface area (Å²) < 4.78 is 2.57. The minimum Gasteiger partial charge on any atom is -0.340 e. The van der Waals surface area contributed by atoms with Crippen LogP contribution >= 0.6 is 22.7 Å². The maximum absolute atomic E-state index is 5.41. The van der Waals surface area contributed by atoms with Gasteiger partial charge in [0.15, 0.2) is 0 Å². The van der Waals surface area contributed by atoms with E-state index in [0.29, 0.717) is 0 Å². The second-order valence-corrected chi connectivity index (χ2v) is 15.4. The van der Waals surface area contributed by atoms with Crippen molar-refractivity contribution >= 4 is 55.5 Å². The molecule has 0 saturated carbocycles. The minimum absolute atomic E-state index is 0.960. The molecule has 5 heteroatoms. The first kappa shape index (κ1) is 31.8. The number of hydrogen-bond acceptors (Lipinski definition) is 4. The van der Waals surface area contributed by atoms with Gasteiger partial charge in [0.2, 0.25) is 0 Å². The molecule has 0 aliphatic carbocycles. The van der Waals surface area contributed by atoms with Crippen molar-refractivity contribution < 1.29 is 0 Å². The third-order valence-corrected chi connectivity index (χ3v) is 11.6. The highest BCUT2D eigenvalue weighted by Gasteiger charge is 2.19. The molecule has 0 radical (unpaired) electrons. The molecule has 0 aliphatic rings. The third kappa shape index (κ3) is 6.16. The SMILES string of the molecule is CCCCCCn1c2cc(C)ccc2c2ccc(-c3ccc(-c4ccc(-c5ccc(C)s5)c5nc(CCC)c(CCC)nc45)s3)cc21. The van der Waals surface area contributed by atoms with Crippen LogP contribution in [-0.2, 0) is 19.4 Å². The van der Waals surface area contributed by atoms with Crippen molar-refractivity contribution in [1.29, 1.82) is 0 Å². The lowest BCUT2D eigenvalue weighted by Crippen LogP contribution is -2.04. The summed E-state index contributed by atoms with van der Waals surface area (Å²) in [5.41, 5.74) is 12.1. The van der Waals surface area contributed by atoms with Gasteiger partial charge in [-0.05, 0) is 80.6 Å². The van der Waals surface area contributed by atoms with E-state index in [2.05, 4.69) is 112 Å². The van der Waals surface area contributed by atoms with E-state index in [1.54, 1.807) is 0 Å². The lowest BCUT2D eigenvalue weighted by molar-refractivity contribution is 0.602. The summed E-state index contributed by atoms with van der Waals surface area (Å²) in [6.07, 6.45) is 9.10. The van der Waals surface area contributed by atoms with Crippen molar-refractivity contribution in [3.63, 3.8) is 0 Å². The Kier molecular flexibility index (Phi) is 9.29. The largest absolute Gasteiger partial charge is 0.340 e. The van der Waals surface area contributed by atoms with E-state index in [9.17, 15) is 0 Å². The van der Waals surface area contributed by atoms with E-state index >= 15 is 0 Å². The Morgan fingerprint density at radius 2 is 1.19 bits per heavy atom. The van der Waals surface area contributed by atoms with Gasteiger partial charge in [-0.1, -0.05) is 89.3 Å².